The van der Waals surface area contributed by atoms with Gasteiger partial charge in [0.15, 0.2) is 18.9 Å². The molecule has 1 amide bonds. The standard InChI is InChI=1S/C31H59N7O17/c32-4-13-19(43)21(45)16(35)27(50-13)54-25-15(8-40)52-29(23(25)47)55-26-18(42)12(38-30(48)31(49)2-9(33)3-31)1-11(34)24(26)53-28-17(36)22(46)20(44)14(51-28)6-37-5-10(41)7-39/h9-29,37,39-47,49H,1-8,32-36H2,(H,38,48)/t9?,10?,11-,12+,13-,14+,15+,16+,17+,18-,19+,20+,21+,22+,23+,24+,25+,26+,27+,28+,29-,31?/m0/s1. The summed E-state index contributed by atoms with van der Waals surface area (Å²) < 4.78 is 35.5. The van der Waals surface area contributed by atoms with Crippen molar-refractivity contribution < 1.29 is 84.3 Å². The lowest BCUT2D eigenvalue weighted by Crippen LogP contribution is -2.70. The van der Waals surface area contributed by atoms with E-state index in [1.165, 1.54) is 0 Å². The van der Waals surface area contributed by atoms with Crippen molar-refractivity contribution in [3.8, 4) is 0 Å². The summed E-state index contributed by atoms with van der Waals surface area (Å²) in [4.78, 5) is 13.1. The van der Waals surface area contributed by atoms with E-state index in [-0.39, 0.29) is 38.9 Å². The first kappa shape index (κ1) is 44.7. The molecule has 22 N–H and O–H groups in total. The Morgan fingerprint density at radius 2 is 1.29 bits per heavy atom. The SMILES string of the molecule is NC[C@@H]1O[C@H](O[C@H]2[C@@H](O)[C@H](O[C@@H]3[C@@H](O)[C@H](NC(=O)C4(O)CC(N)C4)C[C@H](N)[C@H]3O[C@H]3O[C@H](CNCC(O)CO)[C@@H](O)[C@H](O)[C@H]3N)O[C@@H]2CO)[C@H](N)[C@@H](O)[C@@H]1O. The fraction of sp³-hybridized carbons (Fsp3) is 0.968. The molecule has 0 aromatic heterocycles. The first-order chi connectivity index (χ1) is 25.9. The van der Waals surface area contributed by atoms with Gasteiger partial charge in [-0.3, -0.25) is 4.79 Å². The van der Waals surface area contributed by atoms with Crippen LogP contribution in [0.3, 0.4) is 0 Å². The Labute approximate surface area is 315 Å². The minimum atomic E-state index is -1.79. The third-order valence-corrected chi connectivity index (χ3v) is 11.0. The van der Waals surface area contributed by atoms with Crippen LogP contribution in [0.15, 0.2) is 0 Å². The average Bonchev–Trinajstić information content (AvgIpc) is 3.44. The number of carbonyl (C=O) groups excluding carboxylic acids is 1. The van der Waals surface area contributed by atoms with E-state index in [1.54, 1.807) is 0 Å². The number of ether oxygens (including phenoxy) is 6. The molecule has 5 aliphatic rings. The third-order valence-electron chi connectivity index (χ3n) is 11.0. The van der Waals surface area contributed by atoms with Gasteiger partial charge < -0.3 is 119 Å². The van der Waals surface area contributed by atoms with Gasteiger partial charge in [-0.1, -0.05) is 0 Å². The third kappa shape index (κ3) is 9.57. The summed E-state index contributed by atoms with van der Waals surface area (Å²) >= 11 is 0. The zero-order chi connectivity index (χ0) is 40.5. The molecule has 3 heterocycles. The Balaban J connectivity index is 1.36. The Hall–Kier alpha value is -1.41. The molecule has 0 aromatic carbocycles. The molecule has 5 fully saturated rings. The van der Waals surface area contributed by atoms with Gasteiger partial charge in [-0.25, -0.2) is 0 Å². The average molecular weight is 802 g/mol. The first-order valence-electron chi connectivity index (χ1n) is 18.3. The van der Waals surface area contributed by atoms with Crippen molar-refractivity contribution >= 4 is 5.91 Å². The van der Waals surface area contributed by atoms with Crippen molar-refractivity contribution in [3.05, 3.63) is 0 Å². The summed E-state index contributed by atoms with van der Waals surface area (Å²) in [5.41, 5.74) is 28.5. The van der Waals surface area contributed by atoms with E-state index in [2.05, 4.69) is 10.6 Å². The lowest BCUT2D eigenvalue weighted by molar-refractivity contribution is -0.308. The van der Waals surface area contributed by atoms with Gasteiger partial charge in [0.2, 0.25) is 0 Å². The van der Waals surface area contributed by atoms with E-state index in [4.69, 9.17) is 62.2 Å². The van der Waals surface area contributed by atoms with Gasteiger partial charge >= 0.3 is 0 Å². The molecule has 3 saturated heterocycles. The maximum absolute atomic E-state index is 13.1. The Morgan fingerprint density at radius 1 is 0.745 bits per heavy atom. The number of nitrogens with two attached hydrogens (primary N) is 5. The summed E-state index contributed by atoms with van der Waals surface area (Å²) in [5, 5.41) is 110. The van der Waals surface area contributed by atoms with Crippen LogP contribution in [0.1, 0.15) is 19.3 Å². The summed E-state index contributed by atoms with van der Waals surface area (Å²) in [6, 6.07) is -5.40. The lowest BCUT2D eigenvalue weighted by atomic mass is 9.75. The van der Waals surface area contributed by atoms with Crippen LogP contribution in [0, 0.1) is 0 Å². The second-order valence-electron chi connectivity index (χ2n) is 15.1. The van der Waals surface area contributed by atoms with Gasteiger partial charge in [-0.15, -0.1) is 0 Å². The van der Waals surface area contributed by atoms with E-state index >= 15 is 0 Å². The minimum Gasteiger partial charge on any atom is -0.394 e. The van der Waals surface area contributed by atoms with Crippen molar-refractivity contribution in [1.82, 2.24) is 10.6 Å². The number of hydrogen-bond donors (Lipinski definition) is 17. The summed E-state index contributed by atoms with van der Waals surface area (Å²) in [6.45, 7) is -1.71. The maximum Gasteiger partial charge on any atom is 0.252 e. The highest BCUT2D eigenvalue weighted by Crippen LogP contribution is 2.36. The van der Waals surface area contributed by atoms with E-state index < -0.39 is 153 Å². The van der Waals surface area contributed by atoms with Crippen LogP contribution in [0.2, 0.25) is 0 Å². The molecule has 20 atom stereocenters. The molecule has 24 nitrogen and oxygen atoms in total. The number of hydrogen-bond acceptors (Lipinski definition) is 23. The van der Waals surface area contributed by atoms with Crippen molar-refractivity contribution in [3.63, 3.8) is 0 Å². The molecule has 0 bridgehead atoms. The van der Waals surface area contributed by atoms with Gasteiger partial charge in [-0.05, 0) is 6.42 Å². The fourth-order valence-corrected chi connectivity index (χ4v) is 7.58. The largest absolute Gasteiger partial charge is 0.394 e. The monoisotopic (exact) mass is 801 g/mol. The van der Waals surface area contributed by atoms with Crippen LogP contribution in [0.5, 0.6) is 0 Å². The molecule has 2 aliphatic carbocycles. The van der Waals surface area contributed by atoms with E-state index in [9.17, 15) is 50.8 Å². The molecule has 0 spiro atoms. The van der Waals surface area contributed by atoms with Crippen LogP contribution in [0.25, 0.3) is 0 Å². The molecule has 320 valence electrons. The minimum absolute atomic E-state index is 0.0259. The highest BCUT2D eigenvalue weighted by molar-refractivity contribution is 5.86. The second kappa shape index (κ2) is 18.7. The quantitative estimate of drug-likeness (QED) is 0.0731. The predicted molar refractivity (Wildman–Crippen MR) is 181 cm³/mol. The molecule has 5 rings (SSSR count). The van der Waals surface area contributed by atoms with Crippen LogP contribution >= 0.6 is 0 Å². The molecule has 3 aliphatic heterocycles. The second-order valence-corrected chi connectivity index (χ2v) is 15.1. The van der Waals surface area contributed by atoms with Crippen LogP contribution in [-0.2, 0) is 33.2 Å². The van der Waals surface area contributed by atoms with Crippen molar-refractivity contribution in [2.45, 2.75) is 153 Å². The van der Waals surface area contributed by atoms with E-state index in [0.717, 1.165) is 0 Å². The molecular formula is C31H59N7O17. The number of aliphatic hydroxyl groups excluding tert-OH is 9. The normalized spacial score (nSPS) is 49.7. The molecule has 24 heteroatoms. The molecule has 2 saturated carbocycles. The fourth-order valence-electron chi connectivity index (χ4n) is 7.58. The van der Waals surface area contributed by atoms with Crippen LogP contribution in [0.4, 0.5) is 0 Å². The first-order valence-corrected chi connectivity index (χ1v) is 18.3. The zero-order valence-electron chi connectivity index (χ0n) is 30.0. The highest BCUT2D eigenvalue weighted by atomic mass is 16.8. The van der Waals surface area contributed by atoms with Gasteiger partial charge in [0.1, 0.15) is 78.8 Å². The van der Waals surface area contributed by atoms with Crippen LogP contribution in [-0.4, -0.2) is 224 Å². The molecule has 55 heavy (non-hydrogen) atoms. The lowest BCUT2D eigenvalue weighted by Gasteiger charge is -2.48. The van der Waals surface area contributed by atoms with E-state index in [0.29, 0.717) is 0 Å². The van der Waals surface area contributed by atoms with Crippen molar-refractivity contribution in [2.24, 2.45) is 28.7 Å². The topological polar surface area (TPSA) is 429 Å². The Morgan fingerprint density at radius 3 is 1.85 bits per heavy atom. The van der Waals surface area contributed by atoms with Crippen molar-refractivity contribution in [1.29, 1.82) is 0 Å². The molecular weight excluding hydrogens is 742 g/mol. The van der Waals surface area contributed by atoms with Crippen molar-refractivity contribution in [2.75, 3.05) is 32.8 Å². The molecule has 1 unspecified atom stereocenters. The maximum atomic E-state index is 13.1. The van der Waals surface area contributed by atoms with Crippen LogP contribution < -0.4 is 39.3 Å². The molecule has 0 radical (unpaired) electrons. The zero-order valence-corrected chi connectivity index (χ0v) is 30.0. The van der Waals surface area contributed by atoms with Gasteiger partial charge in [0.05, 0.1) is 37.4 Å². The number of nitrogens with one attached hydrogen (secondary N) is 2. The number of amides is 1. The van der Waals surface area contributed by atoms with Gasteiger partial charge in [0, 0.05) is 44.6 Å². The molecule has 0 aromatic rings. The Kier molecular flexibility index (Phi) is 15.2. The summed E-state index contributed by atoms with van der Waals surface area (Å²) in [5.74, 6) is -0.821. The van der Waals surface area contributed by atoms with E-state index in [1.807, 2.05) is 0 Å². The highest BCUT2D eigenvalue weighted by Gasteiger charge is 2.56. The Bertz CT molecular complexity index is 1250. The summed E-state index contributed by atoms with van der Waals surface area (Å²) in [6.07, 6.45) is -23.5. The van der Waals surface area contributed by atoms with Gasteiger partial charge in [0.25, 0.3) is 5.91 Å². The van der Waals surface area contributed by atoms with Gasteiger partial charge in [-0.2, -0.15) is 0 Å². The smallest absolute Gasteiger partial charge is 0.252 e. The number of aliphatic hydroxyl groups is 10. The predicted octanol–water partition coefficient (Wildman–Crippen LogP) is -10.9. The number of carbonyl (C=O) groups is 1. The number of rotatable bonds is 15. The summed E-state index contributed by atoms with van der Waals surface area (Å²) in [7, 11) is 0.